The fourth-order valence-electron chi connectivity index (χ4n) is 3.50. The van der Waals surface area contributed by atoms with Gasteiger partial charge in [0.25, 0.3) is 5.91 Å². The van der Waals surface area contributed by atoms with Gasteiger partial charge in [0.15, 0.2) is 0 Å². The number of carbonyl (C=O) groups excluding carboxylic acids is 1. The van der Waals surface area contributed by atoms with Crippen molar-refractivity contribution in [2.45, 2.75) is 23.9 Å². The third kappa shape index (κ3) is 4.99. The van der Waals surface area contributed by atoms with Crippen molar-refractivity contribution in [3.63, 3.8) is 0 Å². The summed E-state index contributed by atoms with van der Waals surface area (Å²) in [6.07, 6.45) is -3.29. The predicted octanol–water partition coefficient (Wildman–Crippen LogP) is 6.50. The van der Waals surface area contributed by atoms with E-state index in [-0.39, 0.29) is 11.7 Å². The van der Waals surface area contributed by atoms with Crippen LogP contribution >= 0.6 is 11.8 Å². The van der Waals surface area contributed by atoms with E-state index in [0.29, 0.717) is 41.0 Å². The number of aliphatic hydroxyl groups excluding tert-OH is 1. The van der Waals surface area contributed by atoms with Gasteiger partial charge in [0.2, 0.25) is 0 Å². The van der Waals surface area contributed by atoms with Crippen LogP contribution in [0.3, 0.4) is 0 Å². The Morgan fingerprint density at radius 2 is 1.66 bits per heavy atom. The molecule has 0 saturated heterocycles. The van der Waals surface area contributed by atoms with Crippen LogP contribution in [0, 0.1) is 0 Å². The van der Waals surface area contributed by atoms with Crippen molar-refractivity contribution in [3.8, 4) is 0 Å². The lowest BCUT2D eigenvalue weighted by Crippen LogP contribution is -2.19. The topological polar surface area (TPSA) is 49.3 Å². The van der Waals surface area contributed by atoms with Gasteiger partial charge in [-0.3, -0.25) is 4.79 Å². The van der Waals surface area contributed by atoms with E-state index in [1.807, 2.05) is 30.3 Å². The van der Waals surface area contributed by atoms with E-state index in [1.165, 1.54) is 23.9 Å². The molecule has 0 radical (unpaired) electrons. The van der Waals surface area contributed by atoms with Crippen LogP contribution in [0.4, 0.5) is 18.9 Å². The summed E-state index contributed by atoms with van der Waals surface area (Å²) in [5.74, 6) is 0.0137. The minimum Gasteiger partial charge on any atom is -0.507 e. The molecule has 0 aromatic heterocycles. The maximum absolute atomic E-state index is 12.9. The fourth-order valence-corrected chi connectivity index (χ4v) is 4.56. The largest absolute Gasteiger partial charge is 0.507 e. The van der Waals surface area contributed by atoms with Gasteiger partial charge in [0, 0.05) is 21.9 Å². The first-order valence-corrected chi connectivity index (χ1v) is 11.0. The summed E-state index contributed by atoms with van der Waals surface area (Å²) in [5, 5.41) is 13.3. The number of thioether (sulfide) groups is 1. The Balaban J connectivity index is 1.39. The molecule has 2 N–H and O–H groups in total. The molecule has 32 heavy (non-hydrogen) atoms. The normalized spacial score (nSPS) is 13.6. The highest BCUT2D eigenvalue weighted by Gasteiger charge is 2.30. The average Bonchev–Trinajstić information content (AvgIpc) is 2.78. The van der Waals surface area contributed by atoms with Crippen molar-refractivity contribution in [1.29, 1.82) is 0 Å². The first-order chi connectivity index (χ1) is 15.3. The van der Waals surface area contributed by atoms with Gasteiger partial charge in [-0.05, 0) is 48.2 Å². The van der Waals surface area contributed by atoms with Crippen LogP contribution in [0.5, 0.6) is 0 Å². The Morgan fingerprint density at radius 3 is 2.41 bits per heavy atom. The van der Waals surface area contributed by atoms with E-state index in [2.05, 4.69) is 5.32 Å². The molecule has 164 valence electrons. The predicted molar refractivity (Wildman–Crippen MR) is 121 cm³/mol. The number of aliphatic hydroxyl groups is 1. The van der Waals surface area contributed by atoms with Crippen molar-refractivity contribution >= 4 is 29.1 Å². The van der Waals surface area contributed by atoms with Crippen LogP contribution in [-0.4, -0.2) is 16.8 Å². The first-order valence-electron chi connectivity index (χ1n) is 10.0. The van der Waals surface area contributed by atoms with Crippen LogP contribution in [-0.2, 0) is 23.8 Å². The number of nitrogens with one attached hydrogen (secondary N) is 1. The maximum atomic E-state index is 12.9. The number of aryl methyl sites for hydroxylation is 2. The molecule has 1 amide bonds. The molecule has 4 rings (SSSR count). The number of rotatable bonds is 5. The summed E-state index contributed by atoms with van der Waals surface area (Å²) in [7, 11) is 0. The van der Waals surface area contributed by atoms with Crippen LogP contribution < -0.4 is 5.32 Å². The molecule has 1 aliphatic heterocycles. The van der Waals surface area contributed by atoms with Gasteiger partial charge in [-0.1, -0.05) is 48.5 Å². The van der Waals surface area contributed by atoms with E-state index < -0.39 is 11.7 Å². The third-order valence-corrected chi connectivity index (χ3v) is 6.34. The second kappa shape index (κ2) is 9.12. The average molecular weight is 456 g/mol. The smallest absolute Gasteiger partial charge is 0.416 e. The highest BCUT2D eigenvalue weighted by atomic mass is 32.2. The van der Waals surface area contributed by atoms with Gasteiger partial charge in [-0.25, -0.2) is 0 Å². The highest BCUT2D eigenvalue weighted by molar-refractivity contribution is 7.99. The lowest BCUT2D eigenvalue weighted by Gasteiger charge is -2.18. The standard InChI is InChI=1S/C25H20F3NO2S/c26-25(27,28)18-5-3-4-17(14-18)9-8-16-10-12-19(13-11-16)29-24(31)21-15-32-22-7-2-1-6-20(22)23(21)30/h1-7,10-14,30H,8-9,15H2,(H,29,31). The second-order valence-electron chi connectivity index (χ2n) is 7.46. The molecule has 1 heterocycles. The van der Waals surface area contributed by atoms with Gasteiger partial charge in [-0.2, -0.15) is 13.2 Å². The van der Waals surface area contributed by atoms with Crippen molar-refractivity contribution in [1.82, 2.24) is 0 Å². The molecule has 1 aliphatic rings. The number of amides is 1. The van der Waals surface area contributed by atoms with Crippen molar-refractivity contribution < 1.29 is 23.1 Å². The Bertz CT molecular complexity index is 1170. The molecular weight excluding hydrogens is 435 g/mol. The quantitative estimate of drug-likeness (QED) is 0.461. The second-order valence-corrected chi connectivity index (χ2v) is 8.48. The summed E-state index contributed by atoms with van der Waals surface area (Å²) >= 11 is 1.50. The molecule has 3 nitrogen and oxygen atoms in total. The van der Waals surface area contributed by atoms with Gasteiger partial charge in [0.05, 0.1) is 11.1 Å². The molecule has 0 bridgehead atoms. The fraction of sp³-hybridized carbons (Fsp3) is 0.160. The number of halogens is 3. The van der Waals surface area contributed by atoms with E-state index in [0.717, 1.165) is 16.5 Å². The summed E-state index contributed by atoms with van der Waals surface area (Å²) in [4.78, 5) is 13.6. The molecular formula is C25H20F3NO2S. The minimum atomic E-state index is -4.35. The zero-order chi connectivity index (χ0) is 22.7. The van der Waals surface area contributed by atoms with Crippen LogP contribution in [0.15, 0.2) is 83.3 Å². The lowest BCUT2D eigenvalue weighted by atomic mass is 10.0. The molecule has 0 fully saturated rings. The number of anilines is 1. The lowest BCUT2D eigenvalue weighted by molar-refractivity contribution is -0.137. The van der Waals surface area contributed by atoms with Crippen molar-refractivity contribution in [2.24, 2.45) is 0 Å². The summed E-state index contributed by atoms with van der Waals surface area (Å²) < 4.78 is 38.6. The molecule has 7 heteroatoms. The maximum Gasteiger partial charge on any atom is 0.416 e. The van der Waals surface area contributed by atoms with Crippen LogP contribution in [0.2, 0.25) is 0 Å². The van der Waals surface area contributed by atoms with E-state index in [1.54, 1.807) is 24.3 Å². The molecule has 3 aromatic carbocycles. The van der Waals surface area contributed by atoms with E-state index in [4.69, 9.17) is 0 Å². The van der Waals surface area contributed by atoms with Crippen molar-refractivity contribution in [2.75, 3.05) is 11.1 Å². The summed E-state index contributed by atoms with van der Waals surface area (Å²) in [6, 6.07) is 19.9. The molecule has 0 spiro atoms. The third-order valence-electron chi connectivity index (χ3n) is 5.24. The number of fused-ring (bicyclic) bond motifs is 1. The number of benzene rings is 3. The Hall–Kier alpha value is -3.19. The van der Waals surface area contributed by atoms with E-state index in [9.17, 15) is 23.1 Å². The number of alkyl halides is 3. The zero-order valence-electron chi connectivity index (χ0n) is 16.9. The SMILES string of the molecule is O=C(Nc1ccc(CCc2cccc(C(F)(F)F)c2)cc1)C1=C(O)c2ccccc2SC1. The number of hydrogen-bond donors (Lipinski definition) is 2. The first kappa shape index (κ1) is 22.0. The zero-order valence-corrected chi connectivity index (χ0v) is 17.8. The Morgan fingerprint density at radius 1 is 0.938 bits per heavy atom. The monoisotopic (exact) mass is 455 g/mol. The Labute approximate surface area is 188 Å². The summed E-state index contributed by atoms with van der Waals surface area (Å²) in [5.41, 5.74) is 2.48. The minimum absolute atomic E-state index is 0.00504. The van der Waals surface area contributed by atoms with E-state index >= 15 is 0 Å². The number of carbonyl (C=O) groups is 1. The van der Waals surface area contributed by atoms with Gasteiger partial charge in [0.1, 0.15) is 5.76 Å². The van der Waals surface area contributed by atoms with Crippen LogP contribution in [0.25, 0.3) is 5.76 Å². The van der Waals surface area contributed by atoms with Gasteiger partial charge in [-0.15, -0.1) is 11.8 Å². The van der Waals surface area contributed by atoms with Crippen molar-refractivity contribution in [3.05, 3.63) is 101 Å². The highest BCUT2D eigenvalue weighted by Crippen LogP contribution is 2.36. The molecule has 0 aliphatic carbocycles. The molecule has 0 unspecified atom stereocenters. The van der Waals surface area contributed by atoms with Crippen LogP contribution in [0.1, 0.15) is 22.3 Å². The molecule has 3 aromatic rings. The Kier molecular flexibility index (Phi) is 6.28. The summed E-state index contributed by atoms with van der Waals surface area (Å²) in [6.45, 7) is 0. The number of hydrogen-bond acceptors (Lipinski definition) is 3. The van der Waals surface area contributed by atoms with Gasteiger partial charge < -0.3 is 10.4 Å². The van der Waals surface area contributed by atoms with Gasteiger partial charge >= 0.3 is 6.18 Å². The molecule has 0 atom stereocenters. The molecule has 0 saturated carbocycles.